The summed E-state index contributed by atoms with van der Waals surface area (Å²) in [4.78, 5) is 12.3. The molecular formula is C29H43NO. The highest BCUT2D eigenvalue weighted by molar-refractivity contribution is 5.81. The fraction of sp³-hybridized carbons (Fsp3) is 0.793. The number of nitriles is 1. The Hall–Kier alpha value is -1.36. The minimum atomic E-state index is -0.448. The van der Waals surface area contributed by atoms with Crippen molar-refractivity contribution in [3.8, 4) is 6.07 Å². The van der Waals surface area contributed by atoms with Gasteiger partial charge in [-0.3, -0.25) is 4.79 Å². The van der Waals surface area contributed by atoms with Gasteiger partial charge in [-0.1, -0.05) is 64.8 Å². The van der Waals surface area contributed by atoms with Crippen LogP contribution in [0.3, 0.4) is 0 Å². The fourth-order valence-corrected chi connectivity index (χ4v) is 8.11. The topological polar surface area (TPSA) is 40.9 Å². The molecule has 2 heteroatoms. The number of carbonyl (C=O) groups is 1. The standard InChI is InChI=1S/C29H43NO/c1-19(2)20(3)7-8-21(4)24-9-10-25-23-12-16-29(18-30)17-22(31)11-15-28(29,6)26(23)13-14-27(24,25)5/h7-8,19-21,24-25H,9-17H2,1-6H3/b8-7+/t20-,21+,24?,25?,27+,28+,29?/m0/s1. The Balaban J connectivity index is 1.63. The zero-order valence-electron chi connectivity index (χ0n) is 20.8. The number of nitrogens with zero attached hydrogens (tertiary/aromatic N) is 1. The molecule has 0 amide bonds. The SMILES string of the molecule is CC(C)[C@@H](C)/C=C/[C@@H](C)C1CCC2C3=C(CC[C@@]21C)[C@@]1(C)CCC(=O)CC1(C#N)CC3. The number of allylic oxidation sites excluding steroid dienone is 4. The van der Waals surface area contributed by atoms with Gasteiger partial charge in [-0.05, 0) is 80.0 Å². The smallest absolute Gasteiger partial charge is 0.134 e. The van der Waals surface area contributed by atoms with Crippen LogP contribution in [0.1, 0.15) is 99.3 Å². The molecule has 170 valence electrons. The first kappa shape index (κ1) is 22.8. The van der Waals surface area contributed by atoms with Gasteiger partial charge in [0.15, 0.2) is 0 Å². The molecule has 0 aromatic carbocycles. The number of fused-ring (bicyclic) bond motifs is 4. The number of Topliss-reactive ketones (excluding diaryl/α,β-unsaturated/α-hetero) is 1. The number of carbonyl (C=O) groups excluding carboxylic acids is 1. The maximum atomic E-state index is 12.3. The van der Waals surface area contributed by atoms with E-state index in [-0.39, 0.29) is 5.41 Å². The van der Waals surface area contributed by atoms with Crippen LogP contribution in [0.25, 0.3) is 0 Å². The molecule has 0 aromatic rings. The van der Waals surface area contributed by atoms with Gasteiger partial charge < -0.3 is 0 Å². The van der Waals surface area contributed by atoms with Crippen molar-refractivity contribution in [3.05, 3.63) is 23.3 Å². The Labute approximate surface area is 190 Å². The van der Waals surface area contributed by atoms with Crippen LogP contribution in [0.5, 0.6) is 0 Å². The van der Waals surface area contributed by atoms with Gasteiger partial charge in [0.25, 0.3) is 0 Å². The number of hydrogen-bond acceptors (Lipinski definition) is 2. The molecule has 0 bridgehead atoms. The lowest BCUT2D eigenvalue weighted by Crippen LogP contribution is -2.51. The molecule has 0 saturated heterocycles. The quantitative estimate of drug-likeness (QED) is 0.437. The largest absolute Gasteiger partial charge is 0.300 e. The molecule has 4 aliphatic carbocycles. The van der Waals surface area contributed by atoms with E-state index in [1.165, 1.54) is 19.3 Å². The number of rotatable bonds is 4. The van der Waals surface area contributed by atoms with E-state index < -0.39 is 5.41 Å². The Morgan fingerprint density at radius 2 is 1.74 bits per heavy atom. The third-order valence-electron chi connectivity index (χ3n) is 10.7. The van der Waals surface area contributed by atoms with E-state index in [0.717, 1.165) is 31.6 Å². The van der Waals surface area contributed by atoms with Crippen molar-refractivity contribution in [1.82, 2.24) is 0 Å². The Morgan fingerprint density at radius 1 is 1.00 bits per heavy atom. The molecule has 0 aliphatic heterocycles. The first-order valence-corrected chi connectivity index (χ1v) is 12.9. The molecule has 2 saturated carbocycles. The third kappa shape index (κ3) is 3.37. The normalized spacial score (nSPS) is 42.2. The van der Waals surface area contributed by atoms with Gasteiger partial charge in [0, 0.05) is 18.3 Å². The molecule has 7 atom stereocenters. The Morgan fingerprint density at radius 3 is 2.42 bits per heavy atom. The van der Waals surface area contributed by atoms with Crippen LogP contribution in [0.15, 0.2) is 23.3 Å². The molecule has 31 heavy (non-hydrogen) atoms. The van der Waals surface area contributed by atoms with Crippen molar-refractivity contribution in [2.75, 3.05) is 0 Å². The van der Waals surface area contributed by atoms with Gasteiger partial charge in [0.05, 0.1) is 11.5 Å². The second-order valence-electron chi connectivity index (χ2n) is 12.3. The Kier molecular flexibility index (Phi) is 5.81. The summed E-state index contributed by atoms with van der Waals surface area (Å²) in [5, 5.41) is 10.2. The summed E-state index contributed by atoms with van der Waals surface area (Å²) < 4.78 is 0. The van der Waals surface area contributed by atoms with Crippen molar-refractivity contribution in [1.29, 1.82) is 5.26 Å². The van der Waals surface area contributed by atoms with Crippen molar-refractivity contribution < 1.29 is 4.79 Å². The van der Waals surface area contributed by atoms with Crippen LogP contribution < -0.4 is 0 Å². The highest BCUT2D eigenvalue weighted by Crippen LogP contribution is 2.68. The minimum absolute atomic E-state index is 0.0825. The minimum Gasteiger partial charge on any atom is -0.300 e. The highest BCUT2D eigenvalue weighted by Gasteiger charge is 2.60. The average molecular weight is 422 g/mol. The lowest BCUT2D eigenvalue weighted by molar-refractivity contribution is -0.127. The second-order valence-corrected chi connectivity index (χ2v) is 12.3. The summed E-state index contributed by atoms with van der Waals surface area (Å²) in [6.45, 7) is 14.3. The Bertz CT molecular complexity index is 843. The summed E-state index contributed by atoms with van der Waals surface area (Å²) in [6.07, 6.45) is 14.0. The van der Waals surface area contributed by atoms with Crippen LogP contribution in [-0.4, -0.2) is 5.78 Å². The first-order valence-electron chi connectivity index (χ1n) is 12.9. The third-order valence-corrected chi connectivity index (χ3v) is 10.7. The van der Waals surface area contributed by atoms with Gasteiger partial charge in [-0.25, -0.2) is 0 Å². The molecular weight excluding hydrogens is 378 g/mol. The van der Waals surface area contributed by atoms with Gasteiger partial charge in [0.2, 0.25) is 0 Å². The fourth-order valence-electron chi connectivity index (χ4n) is 8.11. The summed E-state index contributed by atoms with van der Waals surface area (Å²) in [5.41, 5.74) is 3.17. The van der Waals surface area contributed by atoms with Crippen LogP contribution in [-0.2, 0) is 4.79 Å². The van der Waals surface area contributed by atoms with E-state index in [1.807, 2.05) is 0 Å². The highest BCUT2D eigenvalue weighted by atomic mass is 16.1. The van der Waals surface area contributed by atoms with E-state index in [0.29, 0.717) is 47.7 Å². The first-order chi connectivity index (χ1) is 14.6. The zero-order valence-corrected chi connectivity index (χ0v) is 20.8. The predicted octanol–water partition coefficient (Wildman–Crippen LogP) is 7.66. The van der Waals surface area contributed by atoms with Crippen molar-refractivity contribution in [2.45, 2.75) is 99.3 Å². The van der Waals surface area contributed by atoms with Crippen LogP contribution in [0.2, 0.25) is 0 Å². The van der Waals surface area contributed by atoms with Gasteiger partial charge in [0.1, 0.15) is 5.78 Å². The monoisotopic (exact) mass is 421 g/mol. The van der Waals surface area contributed by atoms with E-state index in [2.05, 4.69) is 59.8 Å². The number of hydrogen-bond donors (Lipinski definition) is 0. The van der Waals surface area contributed by atoms with Gasteiger partial charge >= 0.3 is 0 Å². The van der Waals surface area contributed by atoms with Crippen LogP contribution >= 0.6 is 0 Å². The number of ketones is 1. The van der Waals surface area contributed by atoms with Crippen molar-refractivity contribution >= 4 is 5.78 Å². The van der Waals surface area contributed by atoms with E-state index in [1.54, 1.807) is 11.1 Å². The van der Waals surface area contributed by atoms with Gasteiger partial charge in [-0.2, -0.15) is 5.26 Å². The molecule has 0 aromatic heterocycles. The molecule has 4 aliphatic rings. The summed E-state index contributed by atoms with van der Waals surface area (Å²) in [7, 11) is 0. The van der Waals surface area contributed by atoms with E-state index in [9.17, 15) is 10.1 Å². The zero-order chi connectivity index (χ0) is 22.6. The molecule has 4 rings (SSSR count). The lowest BCUT2D eigenvalue weighted by Gasteiger charge is -2.57. The summed E-state index contributed by atoms with van der Waals surface area (Å²) in [5.74, 6) is 3.71. The molecule has 0 N–H and O–H groups in total. The average Bonchev–Trinajstić information content (AvgIpc) is 3.09. The van der Waals surface area contributed by atoms with Crippen molar-refractivity contribution in [2.24, 2.45) is 45.8 Å². The molecule has 0 spiro atoms. The lowest BCUT2D eigenvalue weighted by atomic mass is 9.45. The maximum Gasteiger partial charge on any atom is 0.134 e. The maximum absolute atomic E-state index is 12.3. The van der Waals surface area contributed by atoms with Crippen molar-refractivity contribution in [3.63, 3.8) is 0 Å². The molecule has 2 fully saturated rings. The van der Waals surface area contributed by atoms with Gasteiger partial charge in [-0.15, -0.1) is 0 Å². The molecule has 0 radical (unpaired) electrons. The van der Waals surface area contributed by atoms with Crippen LogP contribution in [0, 0.1) is 57.2 Å². The second kappa shape index (κ2) is 7.90. The summed E-state index contributed by atoms with van der Waals surface area (Å²) >= 11 is 0. The molecule has 2 nitrogen and oxygen atoms in total. The molecule has 3 unspecified atom stereocenters. The van der Waals surface area contributed by atoms with E-state index >= 15 is 0 Å². The van der Waals surface area contributed by atoms with E-state index in [4.69, 9.17) is 0 Å². The summed E-state index contributed by atoms with van der Waals surface area (Å²) in [6, 6.07) is 2.69. The molecule has 0 heterocycles. The predicted molar refractivity (Wildman–Crippen MR) is 127 cm³/mol. The van der Waals surface area contributed by atoms with Crippen LogP contribution in [0.4, 0.5) is 0 Å².